The van der Waals surface area contributed by atoms with E-state index in [1.807, 2.05) is 18.3 Å². The number of hydrogen-bond donors (Lipinski definition) is 1. The molecule has 0 radical (unpaired) electrons. The van der Waals surface area contributed by atoms with Crippen molar-refractivity contribution in [2.24, 2.45) is 0 Å². The lowest BCUT2D eigenvalue weighted by molar-refractivity contribution is 0.0907. The first-order valence-corrected chi connectivity index (χ1v) is 12.6. The summed E-state index contributed by atoms with van der Waals surface area (Å²) in [5.41, 5.74) is 2.57. The first-order valence-electron chi connectivity index (χ1n) is 12.6. The number of hydrogen-bond acceptors (Lipinski definition) is 7. The van der Waals surface area contributed by atoms with Crippen LogP contribution in [0.15, 0.2) is 48.7 Å². The van der Waals surface area contributed by atoms with Gasteiger partial charge in [0.15, 0.2) is 11.5 Å². The molecule has 0 spiro atoms. The van der Waals surface area contributed by atoms with Crippen LogP contribution in [0.5, 0.6) is 17.2 Å². The molecule has 1 saturated heterocycles. The van der Waals surface area contributed by atoms with E-state index in [4.69, 9.17) is 14.2 Å². The van der Waals surface area contributed by atoms with Crippen molar-refractivity contribution >= 4 is 5.91 Å². The first kappa shape index (κ1) is 24.1. The Labute approximate surface area is 211 Å². The molecule has 6 bridgehead atoms. The monoisotopic (exact) mass is 491 g/mol. The molecule has 190 valence electrons. The highest BCUT2D eigenvalue weighted by atomic mass is 16.5. The van der Waals surface area contributed by atoms with Gasteiger partial charge in [0.1, 0.15) is 18.1 Å². The molecule has 0 aliphatic carbocycles. The maximum atomic E-state index is 13.0. The van der Waals surface area contributed by atoms with Crippen molar-refractivity contribution in [1.82, 2.24) is 25.2 Å². The molecule has 0 saturated carbocycles. The number of carbonyl (C=O) groups is 1. The molecule has 3 aliphatic rings. The normalized spacial score (nSPS) is 19.6. The van der Waals surface area contributed by atoms with E-state index in [9.17, 15) is 4.79 Å². The summed E-state index contributed by atoms with van der Waals surface area (Å²) < 4.78 is 19.1. The summed E-state index contributed by atoms with van der Waals surface area (Å²) in [7, 11) is 1.60. The van der Waals surface area contributed by atoms with Crippen LogP contribution < -0.4 is 19.5 Å². The quantitative estimate of drug-likeness (QED) is 0.558. The van der Waals surface area contributed by atoms with Crippen LogP contribution in [0, 0.1) is 0 Å². The Hall–Kier alpha value is -3.59. The lowest BCUT2D eigenvalue weighted by Gasteiger charge is -2.36. The van der Waals surface area contributed by atoms with Crippen molar-refractivity contribution in [3.8, 4) is 17.2 Å². The van der Waals surface area contributed by atoms with Crippen LogP contribution in [-0.2, 0) is 19.7 Å². The van der Waals surface area contributed by atoms with Crippen molar-refractivity contribution in [3.63, 3.8) is 0 Å². The van der Waals surface area contributed by atoms with Crippen molar-refractivity contribution in [2.75, 3.05) is 26.8 Å². The third-order valence-corrected chi connectivity index (χ3v) is 6.74. The van der Waals surface area contributed by atoms with E-state index in [0.29, 0.717) is 49.4 Å². The highest BCUT2D eigenvalue weighted by Gasteiger charge is 2.23. The Morgan fingerprint density at radius 1 is 1.06 bits per heavy atom. The third kappa shape index (κ3) is 5.96. The Morgan fingerprint density at radius 3 is 2.81 bits per heavy atom. The molecule has 1 amide bonds. The number of nitrogens with one attached hydrogen (secondary N) is 1. The van der Waals surface area contributed by atoms with Crippen LogP contribution in [0.3, 0.4) is 0 Å². The Balaban J connectivity index is 1.36. The van der Waals surface area contributed by atoms with Crippen LogP contribution in [-0.4, -0.2) is 58.6 Å². The van der Waals surface area contributed by atoms with E-state index in [-0.39, 0.29) is 5.91 Å². The van der Waals surface area contributed by atoms with E-state index in [1.54, 1.807) is 30.0 Å². The van der Waals surface area contributed by atoms with Crippen molar-refractivity contribution in [2.45, 2.75) is 51.4 Å². The zero-order chi connectivity index (χ0) is 24.7. The number of methoxy groups -OCH3 is 1. The Morgan fingerprint density at radius 2 is 1.94 bits per heavy atom. The fraction of sp³-hybridized carbons (Fsp3) is 0.444. The van der Waals surface area contributed by atoms with Gasteiger partial charge in [-0.15, -0.1) is 5.10 Å². The number of rotatable bonds is 1. The van der Waals surface area contributed by atoms with Crippen LogP contribution >= 0.6 is 0 Å². The number of piperidine rings is 1. The van der Waals surface area contributed by atoms with Gasteiger partial charge in [-0.25, -0.2) is 0 Å². The number of fused-ring (bicyclic) bond motifs is 8. The van der Waals surface area contributed by atoms with Crippen LogP contribution in [0.25, 0.3) is 0 Å². The Kier molecular flexibility index (Phi) is 7.66. The Bertz CT molecular complexity index is 1160. The number of carbonyl (C=O) groups excluding carboxylic acids is 1. The molecule has 6 rings (SSSR count). The zero-order valence-electron chi connectivity index (χ0n) is 20.7. The van der Waals surface area contributed by atoms with E-state index in [0.717, 1.165) is 37.4 Å². The molecule has 9 heteroatoms. The second-order valence-corrected chi connectivity index (χ2v) is 9.30. The second kappa shape index (κ2) is 11.4. The largest absolute Gasteiger partial charge is 0.493 e. The number of aromatic nitrogens is 3. The van der Waals surface area contributed by atoms with Gasteiger partial charge in [-0.3, -0.25) is 14.4 Å². The van der Waals surface area contributed by atoms with Crippen LogP contribution in [0.4, 0.5) is 0 Å². The summed E-state index contributed by atoms with van der Waals surface area (Å²) in [5, 5.41) is 11.5. The minimum atomic E-state index is -0.105. The molecular weight excluding hydrogens is 458 g/mol. The highest BCUT2D eigenvalue weighted by molar-refractivity contribution is 5.94. The maximum absolute atomic E-state index is 13.0. The minimum absolute atomic E-state index is 0.105. The first-order chi connectivity index (χ1) is 17.7. The van der Waals surface area contributed by atoms with E-state index >= 15 is 0 Å². The van der Waals surface area contributed by atoms with Crippen molar-refractivity contribution in [3.05, 3.63) is 65.5 Å². The third-order valence-electron chi connectivity index (χ3n) is 6.74. The summed E-state index contributed by atoms with van der Waals surface area (Å²) in [4.78, 5) is 15.5. The molecule has 3 aliphatic heterocycles. The molecule has 3 aromatic rings. The summed E-state index contributed by atoms with van der Waals surface area (Å²) in [6.45, 7) is 3.96. The molecule has 2 aromatic carbocycles. The molecule has 9 nitrogen and oxygen atoms in total. The summed E-state index contributed by atoms with van der Waals surface area (Å²) in [6, 6.07) is 13.8. The number of nitrogens with zero attached hydrogens (tertiary/aromatic N) is 4. The van der Waals surface area contributed by atoms with Crippen LogP contribution in [0.1, 0.15) is 47.3 Å². The smallest absolute Gasteiger partial charge is 0.251 e. The molecule has 4 heterocycles. The van der Waals surface area contributed by atoms with E-state index in [1.165, 1.54) is 18.4 Å². The predicted molar refractivity (Wildman–Crippen MR) is 134 cm³/mol. The summed E-state index contributed by atoms with van der Waals surface area (Å²) >= 11 is 0. The van der Waals surface area contributed by atoms with E-state index in [2.05, 4.69) is 32.7 Å². The van der Waals surface area contributed by atoms with Gasteiger partial charge < -0.3 is 19.5 Å². The van der Waals surface area contributed by atoms with Gasteiger partial charge in [0, 0.05) is 37.7 Å². The standard InChI is InChI=1S/C27H33N5O4/c1-34-25-11-8-21-15-26(25)35-14-4-13-32-18-22(29-30-32)19-36-24-9-6-20(7-10-24)17-31-12-3-2-5-23(31)16-28-27(21)33/h6-11,15,18,23H,2-5,12-14,16-17,19H2,1H3,(H,28,33). The lowest BCUT2D eigenvalue weighted by Crippen LogP contribution is -2.46. The fourth-order valence-electron chi connectivity index (χ4n) is 4.75. The lowest BCUT2D eigenvalue weighted by atomic mass is 10.0. The van der Waals surface area contributed by atoms with Gasteiger partial charge in [-0.1, -0.05) is 23.8 Å². The van der Waals surface area contributed by atoms with Crippen LogP contribution in [0.2, 0.25) is 0 Å². The minimum Gasteiger partial charge on any atom is -0.493 e. The van der Waals surface area contributed by atoms with Gasteiger partial charge >= 0.3 is 0 Å². The number of amides is 1. The average molecular weight is 492 g/mol. The number of ether oxygens (including phenoxy) is 3. The summed E-state index contributed by atoms with van der Waals surface area (Å²) in [5.74, 6) is 1.86. The maximum Gasteiger partial charge on any atom is 0.251 e. The zero-order valence-corrected chi connectivity index (χ0v) is 20.7. The SMILES string of the molecule is COc1ccc2cc1OCCCn1cc(nn1)COc1ccc(cc1)CN1CCCCC1CNC2=O. The molecule has 1 N–H and O–H groups in total. The van der Waals surface area contributed by atoms with Gasteiger partial charge in [0.25, 0.3) is 5.91 Å². The molecular formula is C27H33N5O4. The predicted octanol–water partition coefficient (Wildman–Crippen LogP) is 3.43. The molecule has 1 aromatic heterocycles. The van der Waals surface area contributed by atoms with E-state index < -0.39 is 0 Å². The fourth-order valence-corrected chi connectivity index (χ4v) is 4.75. The van der Waals surface area contributed by atoms with Crippen molar-refractivity contribution in [1.29, 1.82) is 0 Å². The molecule has 1 atom stereocenters. The molecule has 1 unspecified atom stereocenters. The number of aryl methyl sites for hydroxylation is 1. The summed E-state index contributed by atoms with van der Waals surface area (Å²) in [6.07, 6.45) is 6.03. The number of benzene rings is 2. The van der Waals surface area contributed by atoms with Gasteiger partial charge in [-0.2, -0.15) is 0 Å². The average Bonchev–Trinajstić information content (AvgIpc) is 3.37. The van der Waals surface area contributed by atoms with Gasteiger partial charge in [0.05, 0.1) is 19.9 Å². The topological polar surface area (TPSA) is 90.7 Å². The molecule has 1 fully saturated rings. The highest BCUT2D eigenvalue weighted by Crippen LogP contribution is 2.28. The molecule has 36 heavy (non-hydrogen) atoms. The second-order valence-electron chi connectivity index (χ2n) is 9.30. The van der Waals surface area contributed by atoms with Gasteiger partial charge in [-0.05, 0) is 55.3 Å². The van der Waals surface area contributed by atoms with Crippen molar-refractivity contribution < 1.29 is 19.0 Å². The van der Waals surface area contributed by atoms with Gasteiger partial charge in [0.2, 0.25) is 0 Å².